The van der Waals surface area contributed by atoms with Crippen molar-refractivity contribution in [1.29, 1.82) is 0 Å². The molecule has 0 bridgehead atoms. The van der Waals surface area contributed by atoms with E-state index in [1.807, 2.05) is 24.4 Å². The summed E-state index contributed by atoms with van der Waals surface area (Å²) < 4.78 is 0. The van der Waals surface area contributed by atoms with Crippen LogP contribution >= 0.6 is 11.8 Å². The molecule has 1 fully saturated rings. The number of carboxylic acid groups (broad SMARTS) is 1. The third kappa shape index (κ3) is 1.82. The molecule has 2 unspecified atom stereocenters. The molecule has 2 N–H and O–H groups in total. The molecule has 2 heterocycles. The Bertz CT molecular complexity index is 563. The smallest absolute Gasteiger partial charge is 0.307 e. The van der Waals surface area contributed by atoms with Gasteiger partial charge in [0.15, 0.2) is 0 Å². The van der Waals surface area contributed by atoms with Crippen LogP contribution < -0.4 is 0 Å². The van der Waals surface area contributed by atoms with E-state index in [0.717, 1.165) is 28.6 Å². The van der Waals surface area contributed by atoms with Gasteiger partial charge in [-0.1, -0.05) is 6.07 Å². The highest BCUT2D eigenvalue weighted by atomic mass is 32.2. The van der Waals surface area contributed by atoms with Crippen LogP contribution in [0.1, 0.15) is 17.2 Å². The standard InChI is InChI=1S/C13H13NO2S/c15-13(16)10-4-6-17-12(10)9-1-2-11-8(7-9)3-5-14-11/h1-3,5,7,10,12,14H,4,6H2,(H,15,16). The van der Waals surface area contributed by atoms with E-state index >= 15 is 0 Å². The summed E-state index contributed by atoms with van der Waals surface area (Å²) in [6.45, 7) is 0. The molecule has 2 aromatic rings. The number of nitrogens with one attached hydrogen (secondary N) is 1. The first-order valence-corrected chi connectivity index (χ1v) is 6.72. The fourth-order valence-corrected chi connectivity index (χ4v) is 3.89. The Balaban J connectivity index is 1.99. The van der Waals surface area contributed by atoms with Gasteiger partial charge < -0.3 is 10.1 Å². The average Bonchev–Trinajstić information content (AvgIpc) is 2.96. The predicted molar refractivity (Wildman–Crippen MR) is 69.2 cm³/mol. The van der Waals surface area contributed by atoms with Crippen molar-refractivity contribution in [2.45, 2.75) is 11.7 Å². The zero-order valence-electron chi connectivity index (χ0n) is 9.22. The van der Waals surface area contributed by atoms with E-state index in [4.69, 9.17) is 0 Å². The number of fused-ring (bicyclic) bond motifs is 1. The second-order valence-corrected chi connectivity index (χ2v) is 5.60. The number of carboxylic acids is 1. The van der Waals surface area contributed by atoms with Gasteiger partial charge in [0, 0.05) is 17.0 Å². The molecule has 17 heavy (non-hydrogen) atoms. The normalized spacial score (nSPS) is 24.2. The molecule has 2 atom stereocenters. The molecule has 0 saturated carbocycles. The minimum Gasteiger partial charge on any atom is -0.481 e. The molecule has 1 aromatic carbocycles. The van der Waals surface area contributed by atoms with Crippen LogP contribution in [0.5, 0.6) is 0 Å². The number of rotatable bonds is 2. The predicted octanol–water partition coefficient (Wildman–Crippen LogP) is 3.05. The second-order valence-electron chi connectivity index (χ2n) is 4.35. The fourth-order valence-electron chi connectivity index (χ4n) is 2.42. The second kappa shape index (κ2) is 4.11. The number of benzene rings is 1. The molecule has 0 amide bonds. The summed E-state index contributed by atoms with van der Waals surface area (Å²) >= 11 is 1.75. The summed E-state index contributed by atoms with van der Waals surface area (Å²) in [6, 6.07) is 8.19. The first kappa shape index (κ1) is 10.7. The van der Waals surface area contributed by atoms with Crippen molar-refractivity contribution in [3.63, 3.8) is 0 Å². The number of aromatic amines is 1. The number of H-pyrrole nitrogens is 1. The molecule has 1 aliphatic rings. The average molecular weight is 247 g/mol. The van der Waals surface area contributed by atoms with E-state index in [0.29, 0.717) is 0 Å². The largest absolute Gasteiger partial charge is 0.481 e. The van der Waals surface area contributed by atoms with Gasteiger partial charge in [-0.2, -0.15) is 11.8 Å². The Hall–Kier alpha value is -1.42. The Kier molecular flexibility index (Phi) is 2.59. The number of aliphatic carboxylic acids is 1. The Morgan fingerprint density at radius 1 is 1.41 bits per heavy atom. The zero-order chi connectivity index (χ0) is 11.8. The van der Waals surface area contributed by atoms with Gasteiger partial charge in [-0.3, -0.25) is 4.79 Å². The number of thioether (sulfide) groups is 1. The SMILES string of the molecule is O=C(O)C1CCSC1c1ccc2[nH]ccc2c1. The Morgan fingerprint density at radius 3 is 3.12 bits per heavy atom. The lowest BCUT2D eigenvalue weighted by Crippen LogP contribution is -2.15. The van der Waals surface area contributed by atoms with Crippen molar-refractivity contribution < 1.29 is 9.90 Å². The topological polar surface area (TPSA) is 53.1 Å². The molecule has 1 saturated heterocycles. The summed E-state index contributed by atoms with van der Waals surface area (Å²) in [7, 11) is 0. The maximum Gasteiger partial charge on any atom is 0.307 e. The van der Waals surface area contributed by atoms with Crippen molar-refractivity contribution in [3.05, 3.63) is 36.0 Å². The summed E-state index contributed by atoms with van der Waals surface area (Å²) in [5.74, 6) is 0.0258. The summed E-state index contributed by atoms with van der Waals surface area (Å²) in [6.07, 6.45) is 2.68. The maximum absolute atomic E-state index is 11.2. The molecule has 88 valence electrons. The third-order valence-corrected chi connectivity index (χ3v) is 4.75. The third-order valence-electron chi connectivity index (χ3n) is 3.31. The van der Waals surface area contributed by atoms with E-state index in [1.54, 1.807) is 11.8 Å². The van der Waals surface area contributed by atoms with E-state index in [9.17, 15) is 9.90 Å². The van der Waals surface area contributed by atoms with Gasteiger partial charge in [0.25, 0.3) is 0 Å². The molecular formula is C13H13NO2S. The first-order chi connectivity index (χ1) is 8.25. The molecule has 0 spiro atoms. The van der Waals surface area contributed by atoms with Crippen LogP contribution in [0.4, 0.5) is 0 Å². The number of aromatic nitrogens is 1. The minimum atomic E-state index is -0.672. The Morgan fingerprint density at radius 2 is 2.29 bits per heavy atom. The first-order valence-electron chi connectivity index (χ1n) is 5.67. The molecule has 3 nitrogen and oxygen atoms in total. The molecular weight excluding hydrogens is 234 g/mol. The van der Waals surface area contributed by atoms with Crippen molar-refractivity contribution in [3.8, 4) is 0 Å². The molecule has 1 aromatic heterocycles. The zero-order valence-corrected chi connectivity index (χ0v) is 10.0. The molecule has 1 aliphatic heterocycles. The van der Waals surface area contributed by atoms with Crippen LogP contribution in [0.3, 0.4) is 0 Å². The van der Waals surface area contributed by atoms with Gasteiger partial charge >= 0.3 is 5.97 Å². The van der Waals surface area contributed by atoms with Gasteiger partial charge in [0.05, 0.1) is 5.92 Å². The van der Waals surface area contributed by atoms with Crippen LogP contribution in [0, 0.1) is 5.92 Å². The van der Waals surface area contributed by atoms with E-state index < -0.39 is 5.97 Å². The van der Waals surface area contributed by atoms with Gasteiger partial charge in [0.1, 0.15) is 0 Å². The van der Waals surface area contributed by atoms with Crippen molar-refractivity contribution in [2.75, 3.05) is 5.75 Å². The van der Waals surface area contributed by atoms with Crippen LogP contribution in [-0.2, 0) is 4.79 Å². The van der Waals surface area contributed by atoms with Crippen LogP contribution in [-0.4, -0.2) is 21.8 Å². The lowest BCUT2D eigenvalue weighted by Gasteiger charge is -2.15. The summed E-state index contributed by atoms with van der Waals surface area (Å²) in [4.78, 5) is 14.3. The number of hydrogen-bond acceptors (Lipinski definition) is 2. The van der Waals surface area contributed by atoms with Crippen LogP contribution in [0.15, 0.2) is 30.5 Å². The van der Waals surface area contributed by atoms with Crippen LogP contribution in [0.25, 0.3) is 10.9 Å². The molecule has 0 aliphatic carbocycles. The highest BCUT2D eigenvalue weighted by molar-refractivity contribution is 7.99. The quantitative estimate of drug-likeness (QED) is 0.857. The maximum atomic E-state index is 11.2. The minimum absolute atomic E-state index is 0.104. The van der Waals surface area contributed by atoms with Crippen LogP contribution in [0.2, 0.25) is 0 Å². The summed E-state index contributed by atoms with van der Waals surface area (Å²) in [5, 5.41) is 10.5. The van der Waals surface area contributed by atoms with Gasteiger partial charge in [-0.05, 0) is 41.3 Å². The van der Waals surface area contributed by atoms with E-state index in [-0.39, 0.29) is 11.2 Å². The monoisotopic (exact) mass is 247 g/mol. The molecule has 4 heteroatoms. The highest BCUT2D eigenvalue weighted by Crippen LogP contribution is 2.45. The Labute approximate surface area is 103 Å². The summed E-state index contributed by atoms with van der Waals surface area (Å²) in [5.41, 5.74) is 2.23. The van der Waals surface area contributed by atoms with Crippen molar-refractivity contribution in [2.24, 2.45) is 5.92 Å². The molecule has 3 rings (SSSR count). The van der Waals surface area contributed by atoms with Gasteiger partial charge in [-0.25, -0.2) is 0 Å². The fraction of sp³-hybridized carbons (Fsp3) is 0.308. The highest BCUT2D eigenvalue weighted by Gasteiger charge is 2.34. The number of hydrogen-bond donors (Lipinski definition) is 2. The van der Waals surface area contributed by atoms with E-state index in [1.165, 1.54) is 0 Å². The van der Waals surface area contributed by atoms with E-state index in [2.05, 4.69) is 11.1 Å². The van der Waals surface area contributed by atoms with Gasteiger partial charge in [0.2, 0.25) is 0 Å². The lowest BCUT2D eigenvalue weighted by molar-refractivity contribution is -0.141. The van der Waals surface area contributed by atoms with Crippen molar-refractivity contribution in [1.82, 2.24) is 4.98 Å². The lowest BCUT2D eigenvalue weighted by atomic mass is 9.96. The van der Waals surface area contributed by atoms with Gasteiger partial charge in [-0.15, -0.1) is 0 Å². The number of carbonyl (C=O) groups is 1. The molecule has 0 radical (unpaired) electrons. The van der Waals surface area contributed by atoms with Crippen molar-refractivity contribution >= 4 is 28.6 Å².